The number of aromatic hydroxyl groups is 1. The van der Waals surface area contributed by atoms with Crippen molar-refractivity contribution in [3.63, 3.8) is 0 Å². The number of anilines is 1. The molecule has 4 aromatic rings. The number of fused-ring (bicyclic) bond motifs is 1. The lowest BCUT2D eigenvalue weighted by atomic mass is 10.1. The van der Waals surface area contributed by atoms with Crippen LogP contribution in [0.15, 0.2) is 92.1 Å². The minimum absolute atomic E-state index is 0.282. The summed E-state index contributed by atoms with van der Waals surface area (Å²) < 4.78 is 33.6. The molecule has 4 rings (SSSR count). The topological polar surface area (TPSA) is 150 Å². The van der Waals surface area contributed by atoms with Crippen molar-refractivity contribution in [2.24, 2.45) is 20.5 Å². The smallest absolute Gasteiger partial charge is 0.296 e. The minimum atomic E-state index is -4.69. The molecule has 0 aliphatic heterocycles. The van der Waals surface area contributed by atoms with Gasteiger partial charge in [0, 0.05) is 11.1 Å². The zero-order valence-electron chi connectivity index (χ0n) is 18.3. The van der Waals surface area contributed by atoms with Crippen LogP contribution < -0.4 is 5.73 Å². The molecular weight excluding hydrogens is 454 g/mol. The first-order valence-corrected chi connectivity index (χ1v) is 11.6. The zero-order chi connectivity index (χ0) is 24.5. The second kappa shape index (κ2) is 9.00. The Labute approximate surface area is 196 Å². The number of nitrogens with two attached hydrogens (primary N) is 1. The Hall–Kier alpha value is -4.15. The van der Waals surface area contributed by atoms with E-state index in [4.69, 9.17) is 5.73 Å². The van der Waals surface area contributed by atoms with Gasteiger partial charge in [-0.1, -0.05) is 24.3 Å². The van der Waals surface area contributed by atoms with Gasteiger partial charge in [0.05, 0.1) is 17.1 Å². The lowest BCUT2D eigenvalue weighted by Crippen LogP contribution is -1.99. The van der Waals surface area contributed by atoms with Crippen LogP contribution in [0.2, 0.25) is 0 Å². The van der Waals surface area contributed by atoms with Gasteiger partial charge in [0.1, 0.15) is 10.6 Å². The monoisotopic (exact) mass is 475 g/mol. The van der Waals surface area contributed by atoms with Gasteiger partial charge < -0.3 is 10.8 Å². The molecule has 172 valence electrons. The van der Waals surface area contributed by atoms with Gasteiger partial charge in [-0.2, -0.15) is 23.8 Å². The van der Waals surface area contributed by atoms with E-state index in [1.54, 1.807) is 31.2 Å². The van der Waals surface area contributed by atoms with Crippen LogP contribution in [0.4, 0.5) is 28.4 Å². The highest BCUT2D eigenvalue weighted by Gasteiger charge is 2.22. The molecule has 0 radical (unpaired) electrons. The maximum Gasteiger partial charge on any atom is 0.296 e. The fourth-order valence-electron chi connectivity index (χ4n) is 3.36. The van der Waals surface area contributed by atoms with Crippen molar-refractivity contribution in [1.82, 2.24) is 0 Å². The molecule has 10 heteroatoms. The Balaban J connectivity index is 1.71. The molecule has 9 nitrogen and oxygen atoms in total. The van der Waals surface area contributed by atoms with E-state index < -0.39 is 20.8 Å². The number of phenols is 1. The first kappa shape index (κ1) is 23.0. The largest absolute Gasteiger partial charge is 0.505 e. The number of azo groups is 2. The fraction of sp³-hybridized carbons (Fsp3) is 0.0833. The fourth-order valence-corrected chi connectivity index (χ4v) is 4.01. The molecule has 0 saturated carbocycles. The van der Waals surface area contributed by atoms with Crippen molar-refractivity contribution < 1.29 is 18.1 Å². The molecule has 0 amide bonds. The third kappa shape index (κ3) is 4.77. The van der Waals surface area contributed by atoms with E-state index >= 15 is 0 Å². The molecule has 0 aliphatic carbocycles. The molecule has 0 fully saturated rings. The van der Waals surface area contributed by atoms with Crippen molar-refractivity contribution in [3.8, 4) is 5.75 Å². The van der Waals surface area contributed by atoms with E-state index in [1.165, 1.54) is 18.2 Å². The van der Waals surface area contributed by atoms with Crippen LogP contribution in [0.5, 0.6) is 5.75 Å². The summed E-state index contributed by atoms with van der Waals surface area (Å²) in [5, 5.41) is 27.9. The lowest BCUT2D eigenvalue weighted by Gasteiger charge is -2.09. The average Bonchev–Trinajstić information content (AvgIpc) is 2.78. The van der Waals surface area contributed by atoms with Crippen LogP contribution >= 0.6 is 0 Å². The second-order valence-electron chi connectivity index (χ2n) is 7.68. The molecule has 34 heavy (non-hydrogen) atoms. The Morgan fingerprint density at radius 1 is 0.794 bits per heavy atom. The van der Waals surface area contributed by atoms with Gasteiger partial charge in [0.15, 0.2) is 5.75 Å². The zero-order valence-corrected chi connectivity index (χ0v) is 19.2. The van der Waals surface area contributed by atoms with Gasteiger partial charge in [-0.15, -0.1) is 5.11 Å². The SMILES string of the molecule is Cc1ccccc1N=Nc1ccc(N=Nc2c(S(=O)(=O)O)cc3ccc(N)cc3c2O)c(C)c1. The summed E-state index contributed by atoms with van der Waals surface area (Å²) in [6, 6.07) is 18.5. The highest BCUT2D eigenvalue weighted by atomic mass is 32.2. The standard InChI is InChI=1S/C24H21N5O4S/c1-14-5-3-4-6-20(14)27-26-18-9-10-21(15(2)11-18)28-29-23-22(34(31,32)33)12-16-7-8-17(25)13-19(16)24(23)30/h3-13,30H,25H2,1-2H3,(H,31,32,33). The van der Waals surface area contributed by atoms with Gasteiger partial charge in [-0.3, -0.25) is 4.55 Å². The summed E-state index contributed by atoms with van der Waals surface area (Å²) in [5.74, 6) is -0.456. The highest BCUT2D eigenvalue weighted by Crippen LogP contribution is 2.42. The molecular formula is C24H21N5O4S. The van der Waals surface area contributed by atoms with Crippen molar-refractivity contribution in [2.45, 2.75) is 18.7 Å². The maximum absolute atomic E-state index is 11.9. The first-order chi connectivity index (χ1) is 16.1. The Morgan fingerprint density at radius 3 is 2.21 bits per heavy atom. The number of rotatable bonds is 5. The third-order valence-corrected chi connectivity index (χ3v) is 6.05. The molecule has 0 spiro atoms. The summed E-state index contributed by atoms with van der Waals surface area (Å²) >= 11 is 0. The Morgan fingerprint density at radius 2 is 1.50 bits per heavy atom. The summed E-state index contributed by atoms with van der Waals surface area (Å²) in [6.07, 6.45) is 0. The average molecular weight is 476 g/mol. The second-order valence-corrected chi connectivity index (χ2v) is 9.07. The van der Waals surface area contributed by atoms with Gasteiger partial charge in [-0.25, -0.2) is 0 Å². The molecule has 4 N–H and O–H groups in total. The van der Waals surface area contributed by atoms with Gasteiger partial charge in [-0.05, 0) is 72.8 Å². The van der Waals surface area contributed by atoms with E-state index in [1.807, 2.05) is 31.2 Å². The predicted octanol–water partition coefficient (Wildman–Crippen LogP) is 6.82. The van der Waals surface area contributed by atoms with Crippen LogP contribution in [-0.2, 0) is 10.1 Å². The summed E-state index contributed by atoms with van der Waals surface area (Å²) in [7, 11) is -4.69. The number of aryl methyl sites for hydroxylation is 2. The van der Waals surface area contributed by atoms with Gasteiger partial charge in [0.25, 0.3) is 10.1 Å². The molecule has 0 heterocycles. The van der Waals surface area contributed by atoms with Crippen molar-refractivity contribution in [1.29, 1.82) is 0 Å². The third-order valence-electron chi connectivity index (χ3n) is 5.18. The number of benzene rings is 4. The Bertz CT molecular complexity index is 1580. The molecule has 0 aromatic heterocycles. The van der Waals surface area contributed by atoms with E-state index in [0.717, 1.165) is 11.3 Å². The van der Waals surface area contributed by atoms with Gasteiger partial charge in [0.2, 0.25) is 0 Å². The van der Waals surface area contributed by atoms with E-state index in [0.29, 0.717) is 28.0 Å². The number of hydrogen-bond acceptors (Lipinski definition) is 8. The molecule has 0 atom stereocenters. The highest BCUT2D eigenvalue weighted by molar-refractivity contribution is 7.86. The normalized spacial score (nSPS) is 12.2. The van der Waals surface area contributed by atoms with Crippen molar-refractivity contribution >= 4 is 49.3 Å². The number of hydrogen-bond donors (Lipinski definition) is 3. The molecule has 4 aromatic carbocycles. The van der Waals surface area contributed by atoms with Crippen LogP contribution in [0.1, 0.15) is 11.1 Å². The number of phenolic OH excluding ortho intramolecular Hbond substituents is 1. The molecule has 0 bridgehead atoms. The Kier molecular flexibility index (Phi) is 6.10. The molecule has 0 aliphatic rings. The van der Waals surface area contributed by atoms with Gasteiger partial charge >= 0.3 is 0 Å². The van der Waals surface area contributed by atoms with Crippen LogP contribution in [0, 0.1) is 13.8 Å². The van der Waals surface area contributed by atoms with Crippen LogP contribution in [-0.4, -0.2) is 18.1 Å². The summed E-state index contributed by atoms with van der Waals surface area (Å²) in [4.78, 5) is -0.563. The number of nitrogens with zero attached hydrogens (tertiary/aromatic N) is 4. The van der Waals surface area contributed by atoms with Crippen LogP contribution in [0.25, 0.3) is 10.8 Å². The predicted molar refractivity (Wildman–Crippen MR) is 131 cm³/mol. The number of nitrogen functional groups attached to an aromatic ring is 1. The van der Waals surface area contributed by atoms with E-state index in [9.17, 15) is 18.1 Å². The van der Waals surface area contributed by atoms with E-state index in [2.05, 4.69) is 20.5 Å². The van der Waals surface area contributed by atoms with Crippen LogP contribution in [0.3, 0.4) is 0 Å². The van der Waals surface area contributed by atoms with Crippen molar-refractivity contribution in [2.75, 3.05) is 5.73 Å². The quantitative estimate of drug-likeness (QED) is 0.164. The molecule has 0 saturated heterocycles. The lowest BCUT2D eigenvalue weighted by molar-refractivity contribution is 0.472. The van der Waals surface area contributed by atoms with Crippen molar-refractivity contribution in [3.05, 3.63) is 77.9 Å². The minimum Gasteiger partial charge on any atom is -0.505 e. The molecule has 0 unspecified atom stereocenters. The summed E-state index contributed by atoms with van der Waals surface area (Å²) in [6.45, 7) is 3.73. The maximum atomic E-state index is 11.9. The van der Waals surface area contributed by atoms with E-state index in [-0.39, 0.29) is 11.1 Å². The first-order valence-electron chi connectivity index (χ1n) is 10.2. The summed E-state index contributed by atoms with van der Waals surface area (Å²) in [5.41, 5.74) is 9.25.